The van der Waals surface area contributed by atoms with Gasteiger partial charge in [0.2, 0.25) is 0 Å². The van der Waals surface area contributed by atoms with Gasteiger partial charge in [-0.2, -0.15) is 0 Å². The standard InChI is InChI=1S/C47H62/c1-26(2)47(39-13-11-12-33(39)36-19-32(20-42(36)47)46-23-29-16-30(24-46)18-31(17-29)25-46)43-37-14-27(3)40(44(5,6)7)21-34(37)35-22-41(45(8,9)10)28(4)15-38(35)43/h14-15,20-22,26,29-31,33,39,43H,11-13,16-19,23-25H2,1-10H3. The Morgan fingerprint density at radius 2 is 1.21 bits per heavy atom. The van der Waals surface area contributed by atoms with Crippen LogP contribution in [-0.2, 0) is 10.8 Å². The molecule has 4 bridgehead atoms. The van der Waals surface area contributed by atoms with Gasteiger partial charge in [-0.15, -0.1) is 0 Å². The van der Waals surface area contributed by atoms with Crippen molar-refractivity contribution in [3.05, 3.63) is 80.4 Å². The smallest absolute Gasteiger partial charge is 0.0204 e. The topological polar surface area (TPSA) is 0 Å². The lowest BCUT2D eigenvalue weighted by atomic mass is 9.47. The molecule has 0 saturated heterocycles. The van der Waals surface area contributed by atoms with Gasteiger partial charge in [-0.3, -0.25) is 0 Å². The molecule has 2 aromatic carbocycles. The highest BCUT2D eigenvalue weighted by atomic mass is 14.7. The van der Waals surface area contributed by atoms with Crippen molar-refractivity contribution in [2.45, 2.75) is 150 Å². The second-order valence-electron chi connectivity index (χ2n) is 20.7. The Bertz CT molecular complexity index is 1630. The van der Waals surface area contributed by atoms with E-state index in [1.165, 1.54) is 67.2 Å². The highest BCUT2D eigenvalue weighted by molar-refractivity contribution is 5.83. The van der Waals surface area contributed by atoms with Crippen molar-refractivity contribution in [3.63, 3.8) is 0 Å². The third-order valence-corrected chi connectivity index (χ3v) is 15.6. The van der Waals surface area contributed by atoms with Crippen LogP contribution in [0, 0.1) is 60.2 Å². The summed E-state index contributed by atoms with van der Waals surface area (Å²) in [5.74, 6) is 5.66. The van der Waals surface area contributed by atoms with Crippen molar-refractivity contribution in [3.8, 4) is 11.1 Å². The van der Waals surface area contributed by atoms with Crippen molar-refractivity contribution in [1.29, 1.82) is 0 Å². The average molecular weight is 627 g/mol. The van der Waals surface area contributed by atoms with Crippen LogP contribution in [-0.4, -0.2) is 0 Å². The predicted molar refractivity (Wildman–Crippen MR) is 199 cm³/mol. The third kappa shape index (κ3) is 4.12. The number of aryl methyl sites for hydroxylation is 2. The fourth-order valence-corrected chi connectivity index (χ4v) is 14.5. The fourth-order valence-electron chi connectivity index (χ4n) is 14.5. The molecule has 3 atom stereocenters. The molecule has 5 saturated carbocycles. The molecule has 47 heavy (non-hydrogen) atoms. The van der Waals surface area contributed by atoms with Gasteiger partial charge < -0.3 is 0 Å². The summed E-state index contributed by atoms with van der Waals surface area (Å²) in [5.41, 5.74) is 19.1. The molecule has 3 unspecified atom stereocenters. The first-order valence-electron chi connectivity index (χ1n) is 19.9. The van der Waals surface area contributed by atoms with Crippen molar-refractivity contribution < 1.29 is 0 Å². The fraction of sp³-hybridized carbons (Fsp3) is 0.660. The zero-order chi connectivity index (χ0) is 33.0. The second kappa shape index (κ2) is 9.79. The van der Waals surface area contributed by atoms with E-state index in [-0.39, 0.29) is 16.2 Å². The van der Waals surface area contributed by atoms with Gasteiger partial charge in [-0.1, -0.05) is 103 Å². The first-order valence-corrected chi connectivity index (χ1v) is 19.9. The lowest BCUT2D eigenvalue weighted by molar-refractivity contribution is -0.0316. The van der Waals surface area contributed by atoms with E-state index in [9.17, 15) is 0 Å². The molecule has 0 aliphatic heterocycles. The van der Waals surface area contributed by atoms with Crippen molar-refractivity contribution in [1.82, 2.24) is 0 Å². The molecule has 8 aliphatic rings. The maximum Gasteiger partial charge on any atom is 0.0204 e. The van der Waals surface area contributed by atoms with E-state index in [0.717, 1.165) is 29.6 Å². The van der Waals surface area contributed by atoms with E-state index in [2.05, 4.69) is 99.6 Å². The Balaban J connectivity index is 1.28. The minimum absolute atomic E-state index is 0.130. The normalized spacial score (nSPS) is 35.6. The summed E-state index contributed by atoms with van der Waals surface area (Å²) in [6, 6.07) is 10.7. The number of rotatable bonds is 3. The molecule has 250 valence electrons. The summed E-state index contributed by atoms with van der Waals surface area (Å²) < 4.78 is 0. The minimum atomic E-state index is 0.130. The summed E-state index contributed by atoms with van der Waals surface area (Å²) in [6.07, 6.45) is 17.7. The number of allylic oxidation sites excluding steroid dienone is 4. The Labute approximate surface area is 287 Å². The van der Waals surface area contributed by atoms with Crippen LogP contribution in [0.4, 0.5) is 0 Å². The molecule has 0 nitrogen and oxygen atoms in total. The van der Waals surface area contributed by atoms with Crippen molar-refractivity contribution in [2.24, 2.45) is 46.3 Å². The summed E-state index contributed by atoms with van der Waals surface area (Å²) in [7, 11) is 0. The molecule has 0 amide bonds. The largest absolute Gasteiger partial charge is 0.0619 e. The monoisotopic (exact) mass is 626 g/mol. The lowest BCUT2D eigenvalue weighted by Crippen LogP contribution is -2.47. The molecule has 0 N–H and O–H groups in total. The summed E-state index contributed by atoms with van der Waals surface area (Å²) in [5, 5.41) is 0. The number of hydrogen-bond donors (Lipinski definition) is 0. The molecule has 10 rings (SSSR count). The summed E-state index contributed by atoms with van der Waals surface area (Å²) in [6.45, 7) is 24.5. The molecule has 2 aromatic rings. The molecule has 8 aliphatic carbocycles. The SMILES string of the molecule is Cc1cc2c(cc1C(C)(C)C)-c1cc(C(C)(C)C)c(C)cc1C2C1(C(C)C)C2=C(CC(C34CC5CC(CC(C5)C3)C4)=C2)C2CCCC21. The van der Waals surface area contributed by atoms with Gasteiger partial charge in [0.15, 0.2) is 0 Å². The van der Waals surface area contributed by atoms with Gasteiger partial charge in [-0.25, -0.2) is 0 Å². The van der Waals surface area contributed by atoms with E-state index in [1.54, 1.807) is 41.5 Å². The van der Waals surface area contributed by atoms with E-state index in [4.69, 9.17) is 0 Å². The Kier molecular flexibility index (Phi) is 6.44. The van der Waals surface area contributed by atoms with Gasteiger partial charge in [0, 0.05) is 11.3 Å². The van der Waals surface area contributed by atoms with Gasteiger partial charge in [-0.05, 0) is 173 Å². The Morgan fingerprint density at radius 1 is 0.702 bits per heavy atom. The maximum atomic E-state index is 2.95. The zero-order valence-electron chi connectivity index (χ0n) is 31.5. The number of hydrogen-bond acceptors (Lipinski definition) is 0. The molecule has 0 heterocycles. The highest BCUT2D eigenvalue weighted by Gasteiger charge is 2.63. The number of fused-ring (bicyclic) bond motifs is 5. The van der Waals surface area contributed by atoms with E-state index in [0.29, 0.717) is 17.3 Å². The van der Waals surface area contributed by atoms with Crippen LogP contribution in [0.2, 0.25) is 0 Å². The van der Waals surface area contributed by atoms with Gasteiger partial charge in [0.1, 0.15) is 0 Å². The summed E-state index contributed by atoms with van der Waals surface area (Å²) in [4.78, 5) is 0. The average Bonchev–Trinajstić information content (AvgIpc) is 3.71. The van der Waals surface area contributed by atoms with Crippen LogP contribution < -0.4 is 0 Å². The minimum Gasteiger partial charge on any atom is -0.0619 e. The second-order valence-corrected chi connectivity index (χ2v) is 20.7. The number of benzene rings is 2. The lowest BCUT2D eigenvalue weighted by Gasteiger charge is -2.58. The predicted octanol–water partition coefficient (Wildman–Crippen LogP) is 12.9. The van der Waals surface area contributed by atoms with Crippen LogP contribution in [0.25, 0.3) is 11.1 Å². The van der Waals surface area contributed by atoms with E-state index in [1.807, 2.05) is 16.7 Å². The van der Waals surface area contributed by atoms with Crippen LogP contribution in [0.1, 0.15) is 159 Å². The molecular weight excluding hydrogens is 565 g/mol. The molecule has 0 radical (unpaired) electrons. The van der Waals surface area contributed by atoms with Crippen LogP contribution in [0.5, 0.6) is 0 Å². The first kappa shape index (κ1) is 30.9. The zero-order valence-corrected chi connectivity index (χ0v) is 31.5. The molecule has 0 spiro atoms. The Morgan fingerprint density at radius 3 is 1.68 bits per heavy atom. The molecule has 0 aromatic heterocycles. The van der Waals surface area contributed by atoms with Crippen molar-refractivity contribution >= 4 is 0 Å². The molecule has 5 fully saturated rings. The highest BCUT2D eigenvalue weighted by Crippen LogP contribution is 2.74. The Hall–Kier alpha value is -2.08. The molecule has 0 heteroatoms. The molecular formula is C47H62. The van der Waals surface area contributed by atoms with Crippen LogP contribution >= 0.6 is 0 Å². The van der Waals surface area contributed by atoms with Crippen LogP contribution in [0.3, 0.4) is 0 Å². The van der Waals surface area contributed by atoms with Crippen molar-refractivity contribution in [2.75, 3.05) is 0 Å². The van der Waals surface area contributed by atoms with Gasteiger partial charge in [0.25, 0.3) is 0 Å². The van der Waals surface area contributed by atoms with Crippen LogP contribution in [0.15, 0.2) is 47.1 Å². The van der Waals surface area contributed by atoms with Gasteiger partial charge in [0.05, 0.1) is 0 Å². The quantitative estimate of drug-likeness (QED) is 0.318. The van der Waals surface area contributed by atoms with E-state index < -0.39 is 0 Å². The maximum absolute atomic E-state index is 2.95. The van der Waals surface area contributed by atoms with E-state index >= 15 is 0 Å². The first-order chi connectivity index (χ1) is 22.1. The summed E-state index contributed by atoms with van der Waals surface area (Å²) >= 11 is 0. The third-order valence-electron chi connectivity index (χ3n) is 15.6. The van der Waals surface area contributed by atoms with Gasteiger partial charge >= 0.3 is 0 Å².